The number of anilines is 1. The van der Waals surface area contributed by atoms with E-state index in [4.69, 9.17) is 19.9 Å². The highest BCUT2D eigenvalue weighted by molar-refractivity contribution is 9.10. The van der Waals surface area contributed by atoms with Crippen LogP contribution in [0, 0.1) is 0 Å². The van der Waals surface area contributed by atoms with Crippen LogP contribution in [0.3, 0.4) is 0 Å². The summed E-state index contributed by atoms with van der Waals surface area (Å²) >= 11 is 3.37. The predicted octanol–water partition coefficient (Wildman–Crippen LogP) is 2.41. The Morgan fingerprint density at radius 3 is 2.76 bits per heavy atom. The lowest BCUT2D eigenvalue weighted by Gasteiger charge is -2.18. The number of fused-ring (bicyclic) bond motifs is 1. The van der Waals surface area contributed by atoms with Gasteiger partial charge in [0.1, 0.15) is 19.0 Å². The maximum atomic E-state index is 5.92. The minimum absolute atomic E-state index is 0.352. The molecule has 0 bridgehead atoms. The zero-order chi connectivity index (χ0) is 14.8. The molecule has 2 heterocycles. The number of methoxy groups -OCH3 is 1. The van der Waals surface area contributed by atoms with Gasteiger partial charge < -0.3 is 19.9 Å². The average Bonchev–Trinajstić information content (AvgIpc) is 2.51. The molecule has 0 spiro atoms. The third-order valence-electron chi connectivity index (χ3n) is 3.03. The second kappa shape index (κ2) is 5.87. The molecule has 0 saturated carbocycles. The highest BCUT2D eigenvalue weighted by atomic mass is 79.9. The Bertz CT molecular complexity index is 679. The van der Waals surface area contributed by atoms with Gasteiger partial charge in [0.15, 0.2) is 17.3 Å². The lowest BCUT2D eigenvalue weighted by molar-refractivity contribution is 0.171. The molecule has 6 nitrogen and oxygen atoms in total. The van der Waals surface area contributed by atoms with Crippen molar-refractivity contribution in [3.8, 4) is 22.9 Å². The maximum Gasteiger partial charge on any atom is 0.162 e. The number of rotatable bonds is 3. The van der Waals surface area contributed by atoms with Gasteiger partial charge in [0.25, 0.3) is 0 Å². The summed E-state index contributed by atoms with van der Waals surface area (Å²) in [7, 11) is 1.61. The van der Waals surface area contributed by atoms with Crippen LogP contribution in [0.15, 0.2) is 22.7 Å². The van der Waals surface area contributed by atoms with Crippen molar-refractivity contribution < 1.29 is 14.2 Å². The van der Waals surface area contributed by atoms with Crippen LogP contribution < -0.4 is 15.2 Å². The summed E-state index contributed by atoms with van der Waals surface area (Å²) < 4.78 is 16.9. The number of benzene rings is 1. The topological polar surface area (TPSA) is 79.5 Å². The van der Waals surface area contributed by atoms with Crippen LogP contribution in [0.5, 0.6) is 11.5 Å². The highest BCUT2D eigenvalue weighted by Crippen LogP contribution is 2.34. The quantitative estimate of drug-likeness (QED) is 0.914. The van der Waals surface area contributed by atoms with E-state index in [0.29, 0.717) is 47.4 Å². The molecule has 1 aliphatic rings. The molecule has 3 rings (SSSR count). The van der Waals surface area contributed by atoms with E-state index in [1.807, 2.05) is 18.2 Å². The SMILES string of the molecule is COCc1nc(-c2ccc3c(c2)OCCO3)nc(N)c1Br. The van der Waals surface area contributed by atoms with E-state index in [1.165, 1.54) is 0 Å². The van der Waals surface area contributed by atoms with E-state index in [2.05, 4.69) is 25.9 Å². The minimum atomic E-state index is 0.352. The fourth-order valence-corrected chi connectivity index (χ4v) is 2.35. The van der Waals surface area contributed by atoms with Crippen LogP contribution in [-0.4, -0.2) is 30.3 Å². The van der Waals surface area contributed by atoms with E-state index in [-0.39, 0.29) is 0 Å². The summed E-state index contributed by atoms with van der Waals surface area (Å²) in [5.74, 6) is 2.32. The number of hydrogen-bond acceptors (Lipinski definition) is 6. The number of halogens is 1. The molecule has 0 unspecified atom stereocenters. The Morgan fingerprint density at radius 1 is 1.24 bits per heavy atom. The summed E-state index contributed by atoms with van der Waals surface area (Å²) in [4.78, 5) is 8.79. The number of nitrogens with zero attached hydrogens (tertiary/aromatic N) is 2. The van der Waals surface area contributed by atoms with Gasteiger partial charge in [0.05, 0.1) is 16.8 Å². The van der Waals surface area contributed by atoms with Gasteiger partial charge in [-0.05, 0) is 34.1 Å². The van der Waals surface area contributed by atoms with Crippen molar-refractivity contribution in [2.24, 2.45) is 0 Å². The Labute approximate surface area is 130 Å². The lowest BCUT2D eigenvalue weighted by Crippen LogP contribution is -2.15. The van der Waals surface area contributed by atoms with Crippen LogP contribution >= 0.6 is 15.9 Å². The van der Waals surface area contributed by atoms with Crippen molar-refractivity contribution in [1.29, 1.82) is 0 Å². The van der Waals surface area contributed by atoms with Crippen LogP contribution in [0.25, 0.3) is 11.4 Å². The van der Waals surface area contributed by atoms with Crippen molar-refractivity contribution >= 4 is 21.7 Å². The molecule has 21 heavy (non-hydrogen) atoms. The predicted molar refractivity (Wildman–Crippen MR) is 81.3 cm³/mol. The second-order valence-corrected chi connectivity index (χ2v) is 5.28. The Kier molecular flexibility index (Phi) is 3.94. The van der Waals surface area contributed by atoms with E-state index < -0.39 is 0 Å². The molecular weight excluding hydrogens is 338 g/mol. The molecule has 1 aromatic heterocycles. The molecule has 1 aliphatic heterocycles. The van der Waals surface area contributed by atoms with Crippen LogP contribution in [0.4, 0.5) is 5.82 Å². The smallest absolute Gasteiger partial charge is 0.162 e. The van der Waals surface area contributed by atoms with Crippen molar-refractivity contribution in [3.05, 3.63) is 28.4 Å². The Hall–Kier alpha value is -1.86. The molecule has 0 amide bonds. The minimum Gasteiger partial charge on any atom is -0.486 e. The first kappa shape index (κ1) is 14.1. The van der Waals surface area contributed by atoms with Gasteiger partial charge in [-0.3, -0.25) is 0 Å². The van der Waals surface area contributed by atoms with Crippen LogP contribution in [0.2, 0.25) is 0 Å². The normalized spacial score (nSPS) is 13.2. The molecule has 0 atom stereocenters. The number of nitrogen functional groups attached to an aromatic ring is 1. The van der Waals surface area contributed by atoms with E-state index in [0.717, 1.165) is 11.3 Å². The molecule has 0 radical (unpaired) electrons. The molecule has 110 valence electrons. The summed E-state index contributed by atoms with van der Waals surface area (Å²) in [6, 6.07) is 5.59. The van der Waals surface area contributed by atoms with Crippen molar-refractivity contribution in [2.45, 2.75) is 6.61 Å². The summed E-state index contributed by atoms with van der Waals surface area (Å²) in [6.07, 6.45) is 0. The molecule has 0 aliphatic carbocycles. The monoisotopic (exact) mass is 351 g/mol. The summed E-state index contributed by atoms with van der Waals surface area (Å²) in [6.45, 7) is 1.45. The van der Waals surface area contributed by atoms with Crippen LogP contribution in [-0.2, 0) is 11.3 Å². The fourth-order valence-electron chi connectivity index (χ4n) is 2.06. The zero-order valence-corrected chi connectivity index (χ0v) is 13.0. The lowest BCUT2D eigenvalue weighted by atomic mass is 10.1. The fraction of sp³-hybridized carbons (Fsp3) is 0.286. The molecule has 1 aromatic carbocycles. The van der Waals surface area contributed by atoms with E-state index >= 15 is 0 Å². The summed E-state index contributed by atoms with van der Waals surface area (Å²) in [5, 5.41) is 0. The number of hydrogen-bond donors (Lipinski definition) is 1. The second-order valence-electron chi connectivity index (χ2n) is 4.48. The maximum absolute atomic E-state index is 5.92. The van der Waals surface area contributed by atoms with Gasteiger partial charge in [-0.25, -0.2) is 9.97 Å². The first-order chi connectivity index (χ1) is 10.2. The molecule has 0 saturated heterocycles. The molecule has 2 aromatic rings. The van der Waals surface area contributed by atoms with Crippen molar-refractivity contribution in [1.82, 2.24) is 9.97 Å². The third kappa shape index (κ3) is 2.79. The van der Waals surface area contributed by atoms with Crippen LogP contribution in [0.1, 0.15) is 5.69 Å². The third-order valence-corrected chi connectivity index (χ3v) is 3.89. The first-order valence-electron chi connectivity index (χ1n) is 6.40. The van der Waals surface area contributed by atoms with Gasteiger partial charge in [-0.1, -0.05) is 0 Å². The highest BCUT2D eigenvalue weighted by Gasteiger charge is 2.16. The number of nitrogens with two attached hydrogens (primary N) is 1. The standard InChI is InChI=1S/C14H14BrN3O3/c1-19-7-9-12(15)13(16)18-14(17-9)8-2-3-10-11(6-8)21-5-4-20-10/h2-3,6H,4-5,7H2,1H3,(H2,16,17,18). The average molecular weight is 352 g/mol. The molecule has 0 fully saturated rings. The van der Waals surface area contributed by atoms with Gasteiger partial charge in [-0.15, -0.1) is 0 Å². The molecule has 7 heteroatoms. The number of ether oxygens (including phenoxy) is 3. The van der Waals surface area contributed by atoms with E-state index in [9.17, 15) is 0 Å². The largest absolute Gasteiger partial charge is 0.486 e. The first-order valence-corrected chi connectivity index (χ1v) is 7.19. The van der Waals surface area contributed by atoms with Gasteiger partial charge in [0, 0.05) is 12.7 Å². The van der Waals surface area contributed by atoms with E-state index in [1.54, 1.807) is 7.11 Å². The van der Waals surface area contributed by atoms with Gasteiger partial charge >= 0.3 is 0 Å². The Morgan fingerprint density at radius 2 is 2.00 bits per heavy atom. The molecular formula is C14H14BrN3O3. The summed E-state index contributed by atoms with van der Waals surface area (Å²) in [5.41, 5.74) is 7.44. The Balaban J connectivity index is 2.03. The van der Waals surface area contributed by atoms with Gasteiger partial charge in [-0.2, -0.15) is 0 Å². The zero-order valence-electron chi connectivity index (χ0n) is 11.4. The van der Waals surface area contributed by atoms with Crippen molar-refractivity contribution in [3.63, 3.8) is 0 Å². The molecule has 2 N–H and O–H groups in total. The van der Waals surface area contributed by atoms with Gasteiger partial charge in [0.2, 0.25) is 0 Å². The van der Waals surface area contributed by atoms with Crippen molar-refractivity contribution in [2.75, 3.05) is 26.1 Å². The number of aromatic nitrogens is 2.